The van der Waals surface area contributed by atoms with Crippen LogP contribution in [0.5, 0.6) is 5.75 Å². The number of fused-ring (bicyclic) bond motifs is 1. The minimum Gasteiger partial charge on any atom is -0.494 e. The Balaban J connectivity index is 1.95. The third-order valence-corrected chi connectivity index (χ3v) is 3.87. The van der Waals surface area contributed by atoms with E-state index in [0.717, 1.165) is 0 Å². The van der Waals surface area contributed by atoms with Gasteiger partial charge < -0.3 is 20.1 Å². The highest BCUT2D eigenvalue weighted by atomic mass is 19.4. The summed E-state index contributed by atoms with van der Waals surface area (Å²) in [4.78, 5) is 27.1. The van der Waals surface area contributed by atoms with Crippen LogP contribution in [0.25, 0.3) is 10.9 Å². The number of H-pyrrole nitrogens is 1. The van der Waals surface area contributed by atoms with Gasteiger partial charge in [-0.05, 0) is 31.4 Å². The number of benzene rings is 1. The lowest BCUT2D eigenvalue weighted by Gasteiger charge is -2.09. The van der Waals surface area contributed by atoms with Gasteiger partial charge in [-0.25, -0.2) is 0 Å². The second-order valence-electron chi connectivity index (χ2n) is 5.99. The van der Waals surface area contributed by atoms with Gasteiger partial charge in [0.25, 0.3) is 5.91 Å². The van der Waals surface area contributed by atoms with E-state index in [1.54, 1.807) is 12.1 Å². The van der Waals surface area contributed by atoms with Crippen LogP contribution < -0.4 is 15.5 Å². The molecule has 27 heavy (non-hydrogen) atoms. The average molecular weight is 386 g/mol. The number of aliphatic hydroxyl groups excluding tert-OH is 1. The van der Waals surface area contributed by atoms with Crippen LogP contribution in [0.4, 0.5) is 13.2 Å². The predicted octanol–water partition coefficient (Wildman–Crippen LogP) is 2.75. The number of aromatic nitrogens is 1. The normalized spacial score (nSPS) is 11.6. The number of hydrogen-bond donors (Lipinski definition) is 3. The Morgan fingerprint density at radius 3 is 2.70 bits per heavy atom. The van der Waals surface area contributed by atoms with Crippen molar-refractivity contribution < 1.29 is 27.8 Å². The van der Waals surface area contributed by atoms with E-state index in [1.165, 1.54) is 12.3 Å². The Kier molecular flexibility index (Phi) is 7.23. The van der Waals surface area contributed by atoms with Gasteiger partial charge in [-0.3, -0.25) is 9.59 Å². The summed E-state index contributed by atoms with van der Waals surface area (Å²) < 4.78 is 41.7. The Morgan fingerprint density at radius 2 is 2.00 bits per heavy atom. The zero-order valence-corrected chi connectivity index (χ0v) is 14.6. The molecule has 1 heterocycles. The van der Waals surface area contributed by atoms with Gasteiger partial charge in [-0.2, -0.15) is 13.2 Å². The number of pyridine rings is 1. The molecule has 0 spiro atoms. The first-order chi connectivity index (χ1) is 12.8. The van der Waals surface area contributed by atoms with Crippen LogP contribution in [0.1, 0.15) is 36.0 Å². The summed E-state index contributed by atoms with van der Waals surface area (Å²) in [6.45, 7) is 0.0927. The summed E-state index contributed by atoms with van der Waals surface area (Å²) >= 11 is 0. The molecule has 0 aliphatic carbocycles. The van der Waals surface area contributed by atoms with Gasteiger partial charge in [-0.1, -0.05) is 0 Å². The highest BCUT2D eigenvalue weighted by Gasteiger charge is 2.25. The fourth-order valence-corrected chi connectivity index (χ4v) is 2.52. The lowest BCUT2D eigenvalue weighted by atomic mass is 10.1. The number of carbonyl (C=O) groups is 1. The van der Waals surface area contributed by atoms with E-state index in [-0.39, 0.29) is 31.7 Å². The topological polar surface area (TPSA) is 91.4 Å². The summed E-state index contributed by atoms with van der Waals surface area (Å²) in [6.07, 6.45) is -2.65. The molecule has 0 aliphatic heterocycles. The van der Waals surface area contributed by atoms with Crippen molar-refractivity contribution >= 4 is 16.8 Å². The van der Waals surface area contributed by atoms with E-state index in [9.17, 15) is 22.8 Å². The molecule has 0 saturated heterocycles. The smallest absolute Gasteiger partial charge is 0.389 e. The summed E-state index contributed by atoms with van der Waals surface area (Å²) in [6, 6.07) is 4.69. The number of halogens is 3. The first kappa shape index (κ1) is 20.8. The fourth-order valence-electron chi connectivity index (χ4n) is 2.52. The largest absolute Gasteiger partial charge is 0.494 e. The van der Waals surface area contributed by atoms with Gasteiger partial charge >= 0.3 is 6.18 Å². The molecule has 0 bridgehead atoms. The monoisotopic (exact) mass is 386 g/mol. The van der Waals surface area contributed by atoms with Crippen LogP contribution >= 0.6 is 0 Å². The molecule has 0 unspecified atom stereocenters. The van der Waals surface area contributed by atoms with Crippen molar-refractivity contribution in [3.05, 3.63) is 40.2 Å². The van der Waals surface area contributed by atoms with Gasteiger partial charge in [0, 0.05) is 30.6 Å². The number of alkyl halides is 3. The molecule has 6 nitrogen and oxygen atoms in total. The summed E-state index contributed by atoms with van der Waals surface area (Å²) in [5.41, 5.74) is -0.0274. The van der Waals surface area contributed by atoms with Gasteiger partial charge in [-0.15, -0.1) is 0 Å². The minimum atomic E-state index is -4.13. The molecule has 1 aromatic heterocycles. The van der Waals surface area contributed by atoms with Gasteiger partial charge in [0.05, 0.1) is 18.7 Å². The quantitative estimate of drug-likeness (QED) is 0.578. The summed E-state index contributed by atoms with van der Waals surface area (Å²) in [5, 5.41) is 11.4. The molecule has 0 aliphatic rings. The van der Waals surface area contributed by atoms with E-state index in [1.807, 2.05) is 0 Å². The predicted molar refractivity (Wildman–Crippen MR) is 94.0 cm³/mol. The van der Waals surface area contributed by atoms with E-state index >= 15 is 0 Å². The SMILES string of the molecule is O=C(NCCO)c1c[nH]c2cc(OCCCCCC(F)(F)F)ccc2c1=O. The Bertz CT molecular complexity index is 833. The number of hydrogen-bond acceptors (Lipinski definition) is 4. The molecule has 0 saturated carbocycles. The number of amides is 1. The van der Waals surface area contributed by atoms with Crippen molar-refractivity contribution in [3.63, 3.8) is 0 Å². The molecule has 2 aromatic rings. The maximum absolute atomic E-state index is 12.4. The number of rotatable bonds is 9. The number of nitrogens with one attached hydrogen (secondary N) is 2. The molecular formula is C18H21F3N2O4. The van der Waals surface area contributed by atoms with Crippen molar-refractivity contribution in [2.45, 2.75) is 31.9 Å². The third kappa shape index (κ3) is 6.28. The van der Waals surface area contributed by atoms with E-state index in [2.05, 4.69) is 10.3 Å². The molecule has 0 atom stereocenters. The summed E-state index contributed by atoms with van der Waals surface area (Å²) in [7, 11) is 0. The molecule has 0 radical (unpaired) electrons. The zero-order valence-electron chi connectivity index (χ0n) is 14.6. The third-order valence-electron chi connectivity index (χ3n) is 3.87. The van der Waals surface area contributed by atoms with E-state index in [4.69, 9.17) is 9.84 Å². The van der Waals surface area contributed by atoms with Crippen LogP contribution in [0.2, 0.25) is 0 Å². The highest BCUT2D eigenvalue weighted by Crippen LogP contribution is 2.23. The number of unbranched alkanes of at least 4 members (excludes halogenated alkanes) is 2. The maximum Gasteiger partial charge on any atom is 0.389 e. The van der Waals surface area contributed by atoms with Crippen LogP contribution in [0, 0.1) is 0 Å². The molecule has 148 valence electrons. The van der Waals surface area contributed by atoms with E-state index in [0.29, 0.717) is 29.5 Å². The maximum atomic E-state index is 12.4. The Labute approximate surface area is 153 Å². The molecule has 9 heteroatoms. The van der Waals surface area contributed by atoms with Crippen molar-refractivity contribution in [2.75, 3.05) is 19.8 Å². The number of carbonyl (C=O) groups excluding carboxylic acids is 1. The summed E-state index contributed by atoms with van der Waals surface area (Å²) in [5.74, 6) is -0.0992. The van der Waals surface area contributed by atoms with Crippen molar-refractivity contribution in [2.24, 2.45) is 0 Å². The molecule has 1 aromatic carbocycles. The van der Waals surface area contributed by atoms with Gasteiger partial charge in [0.1, 0.15) is 11.3 Å². The first-order valence-corrected chi connectivity index (χ1v) is 8.56. The van der Waals surface area contributed by atoms with Crippen LogP contribution in [0.3, 0.4) is 0 Å². The van der Waals surface area contributed by atoms with Crippen LogP contribution in [0.15, 0.2) is 29.2 Å². The molecule has 2 rings (SSSR count). The van der Waals surface area contributed by atoms with Gasteiger partial charge in [0.2, 0.25) is 5.43 Å². The van der Waals surface area contributed by atoms with Crippen LogP contribution in [-0.4, -0.2) is 41.9 Å². The second kappa shape index (κ2) is 9.40. The highest BCUT2D eigenvalue weighted by molar-refractivity contribution is 5.97. The molecular weight excluding hydrogens is 365 g/mol. The molecule has 3 N–H and O–H groups in total. The lowest BCUT2D eigenvalue weighted by molar-refractivity contribution is -0.135. The Morgan fingerprint density at radius 1 is 1.22 bits per heavy atom. The standard InChI is InChI=1S/C18H21F3N2O4/c19-18(20,21)6-2-1-3-9-27-12-4-5-13-15(10-12)23-11-14(16(13)25)17(26)22-7-8-24/h4-5,10-11,24H,1-3,6-9H2,(H,22,26)(H,23,25). The van der Waals surface area contributed by atoms with Crippen molar-refractivity contribution in [3.8, 4) is 5.75 Å². The average Bonchev–Trinajstić information content (AvgIpc) is 2.62. The number of aromatic amines is 1. The second-order valence-corrected chi connectivity index (χ2v) is 5.99. The number of aliphatic hydroxyl groups is 1. The van der Waals surface area contributed by atoms with Crippen molar-refractivity contribution in [1.82, 2.24) is 10.3 Å². The number of ether oxygens (including phenoxy) is 1. The zero-order chi connectivity index (χ0) is 19.9. The van der Waals surface area contributed by atoms with Crippen LogP contribution in [-0.2, 0) is 0 Å². The Hall–Kier alpha value is -2.55. The minimum absolute atomic E-state index is 0.0477. The van der Waals surface area contributed by atoms with Crippen molar-refractivity contribution in [1.29, 1.82) is 0 Å². The first-order valence-electron chi connectivity index (χ1n) is 8.56. The van der Waals surface area contributed by atoms with Gasteiger partial charge in [0.15, 0.2) is 0 Å². The molecule has 1 amide bonds. The lowest BCUT2D eigenvalue weighted by Crippen LogP contribution is -2.30. The van der Waals surface area contributed by atoms with E-state index < -0.39 is 23.9 Å². The fraction of sp³-hybridized carbons (Fsp3) is 0.444. The molecule has 0 fully saturated rings.